The molecule has 0 spiro atoms. The van der Waals surface area contributed by atoms with Crippen LogP contribution in [0.5, 0.6) is 0 Å². The van der Waals surface area contributed by atoms with E-state index in [2.05, 4.69) is 20.9 Å². The number of aliphatic hydroxyl groups is 1. The minimum atomic E-state index is -0.749. The quantitative estimate of drug-likeness (QED) is 0.485. The van der Waals surface area contributed by atoms with Gasteiger partial charge in [0.25, 0.3) is 0 Å². The van der Waals surface area contributed by atoms with Crippen LogP contribution >= 0.6 is 15.9 Å². The van der Waals surface area contributed by atoms with Crippen LogP contribution in [0.15, 0.2) is 10.5 Å². The zero-order valence-electron chi connectivity index (χ0n) is 12.6. The van der Waals surface area contributed by atoms with Gasteiger partial charge in [0.15, 0.2) is 0 Å². The predicted octanol–water partition coefficient (Wildman–Crippen LogP) is 3.23. The van der Waals surface area contributed by atoms with Crippen LogP contribution in [-0.2, 0) is 12.8 Å². The zero-order valence-corrected chi connectivity index (χ0v) is 14.1. The van der Waals surface area contributed by atoms with Crippen LogP contribution in [0.25, 0.3) is 10.9 Å². The molecule has 0 saturated carbocycles. The molecule has 0 saturated heterocycles. The number of nitrogens with one attached hydrogen (secondary N) is 2. The highest BCUT2D eigenvalue weighted by Crippen LogP contribution is 2.40. The van der Waals surface area contributed by atoms with E-state index in [0.717, 1.165) is 29.5 Å². The van der Waals surface area contributed by atoms with E-state index >= 15 is 0 Å². The summed E-state index contributed by atoms with van der Waals surface area (Å²) in [5.74, 6) is -0.421. The van der Waals surface area contributed by atoms with Gasteiger partial charge in [-0.2, -0.15) is 0 Å². The smallest absolute Gasteiger partial charge is 0.138 e. The lowest BCUT2D eigenvalue weighted by molar-refractivity contribution is 0.0107. The molecule has 1 heterocycles. The van der Waals surface area contributed by atoms with Crippen LogP contribution < -0.4 is 5.73 Å². The SMILES string of the molecule is CC(C)(O)[C@H]1CCc2c([nH]c3c(C(=N)N)cc(F)c(Br)c23)C1. The van der Waals surface area contributed by atoms with Crippen LogP contribution in [0.1, 0.15) is 37.1 Å². The van der Waals surface area contributed by atoms with E-state index in [4.69, 9.17) is 11.1 Å². The van der Waals surface area contributed by atoms with Crippen LogP contribution in [0, 0.1) is 17.1 Å². The van der Waals surface area contributed by atoms with E-state index in [9.17, 15) is 9.50 Å². The molecule has 1 aliphatic rings. The number of H-pyrrole nitrogens is 1. The minimum Gasteiger partial charge on any atom is -0.390 e. The fourth-order valence-corrected chi connectivity index (χ4v) is 3.90. The molecule has 0 amide bonds. The third-order valence-corrected chi connectivity index (χ3v) is 5.42. The van der Waals surface area contributed by atoms with Crippen molar-refractivity contribution in [2.45, 2.75) is 38.7 Å². The number of hydrogen-bond acceptors (Lipinski definition) is 2. The number of nitrogens with two attached hydrogens (primary N) is 1. The summed E-state index contributed by atoms with van der Waals surface area (Å²) >= 11 is 3.32. The maximum absolute atomic E-state index is 14.1. The first kappa shape index (κ1) is 15.5. The van der Waals surface area contributed by atoms with Crippen molar-refractivity contribution in [1.29, 1.82) is 5.41 Å². The Morgan fingerprint density at radius 1 is 1.55 bits per heavy atom. The van der Waals surface area contributed by atoms with Crippen LogP contribution in [-0.4, -0.2) is 21.5 Å². The second kappa shape index (κ2) is 5.06. The predicted molar refractivity (Wildman–Crippen MR) is 88.8 cm³/mol. The molecule has 2 aromatic rings. The van der Waals surface area contributed by atoms with Gasteiger partial charge in [-0.05, 0) is 66.6 Å². The lowest BCUT2D eigenvalue weighted by Gasteiger charge is -2.32. The Labute approximate surface area is 136 Å². The van der Waals surface area contributed by atoms with Crippen molar-refractivity contribution in [2.24, 2.45) is 11.7 Å². The molecule has 0 radical (unpaired) electrons. The number of aryl methyl sites for hydroxylation is 1. The Balaban J connectivity index is 2.22. The van der Waals surface area contributed by atoms with Gasteiger partial charge >= 0.3 is 0 Å². The second-order valence-corrected chi connectivity index (χ2v) is 7.35. The van der Waals surface area contributed by atoms with Crippen LogP contribution in [0.4, 0.5) is 4.39 Å². The van der Waals surface area contributed by atoms with Crippen LogP contribution in [0.3, 0.4) is 0 Å². The standard InChI is InChI=1S/C16H19BrFN3O/c1-16(2,22)7-3-4-8-11(5-7)21-14-9(15(19)20)6-10(18)13(17)12(8)14/h6-7,21-22H,3-5H2,1-2H3,(H3,19,20)/t7-/m0/s1. The molecule has 0 bridgehead atoms. The number of aromatic nitrogens is 1. The average molecular weight is 368 g/mol. The number of nitrogen functional groups attached to an aromatic ring is 1. The normalized spacial score (nSPS) is 18.5. The Hall–Kier alpha value is -1.40. The fraction of sp³-hybridized carbons (Fsp3) is 0.438. The maximum Gasteiger partial charge on any atom is 0.138 e. The highest BCUT2D eigenvalue weighted by Gasteiger charge is 2.33. The topological polar surface area (TPSA) is 85.9 Å². The summed E-state index contributed by atoms with van der Waals surface area (Å²) in [6.07, 6.45) is 2.32. The molecular weight excluding hydrogens is 349 g/mol. The van der Waals surface area contributed by atoms with Gasteiger partial charge in [-0.15, -0.1) is 0 Å². The fourth-order valence-electron chi connectivity index (χ4n) is 3.35. The van der Waals surface area contributed by atoms with Crippen molar-refractivity contribution in [2.75, 3.05) is 0 Å². The van der Waals surface area contributed by atoms with Crippen molar-refractivity contribution < 1.29 is 9.50 Å². The molecule has 6 heteroatoms. The Kier molecular flexibility index (Phi) is 3.57. The summed E-state index contributed by atoms with van der Waals surface area (Å²) in [4.78, 5) is 3.31. The monoisotopic (exact) mass is 367 g/mol. The lowest BCUT2D eigenvalue weighted by atomic mass is 9.78. The van der Waals surface area contributed by atoms with E-state index in [1.54, 1.807) is 0 Å². The van der Waals surface area contributed by atoms with E-state index in [-0.39, 0.29) is 11.8 Å². The minimum absolute atomic E-state index is 0.150. The maximum atomic E-state index is 14.1. The van der Waals surface area contributed by atoms with Gasteiger partial charge in [0.1, 0.15) is 11.7 Å². The van der Waals surface area contributed by atoms with Gasteiger partial charge in [0, 0.05) is 16.6 Å². The number of hydrogen-bond donors (Lipinski definition) is 4. The molecule has 5 N–H and O–H groups in total. The first-order valence-electron chi connectivity index (χ1n) is 7.28. The molecule has 0 unspecified atom stereocenters. The van der Waals surface area contributed by atoms with Gasteiger partial charge in [-0.3, -0.25) is 5.41 Å². The van der Waals surface area contributed by atoms with Crippen molar-refractivity contribution in [3.8, 4) is 0 Å². The summed E-state index contributed by atoms with van der Waals surface area (Å²) in [5, 5.41) is 18.7. The van der Waals surface area contributed by atoms with Crippen LogP contribution in [0.2, 0.25) is 0 Å². The third-order valence-electron chi connectivity index (χ3n) is 4.64. The first-order valence-corrected chi connectivity index (χ1v) is 8.07. The molecule has 0 aliphatic heterocycles. The summed E-state index contributed by atoms with van der Waals surface area (Å²) in [7, 11) is 0. The van der Waals surface area contributed by atoms with Gasteiger partial charge in [-0.1, -0.05) is 0 Å². The van der Waals surface area contributed by atoms with Gasteiger partial charge < -0.3 is 15.8 Å². The van der Waals surface area contributed by atoms with E-state index in [1.165, 1.54) is 6.07 Å². The number of benzene rings is 1. The average Bonchev–Trinajstić information content (AvgIpc) is 2.79. The molecule has 1 aromatic heterocycles. The number of halogens is 2. The van der Waals surface area contributed by atoms with Crippen molar-refractivity contribution in [3.63, 3.8) is 0 Å². The molecule has 1 aliphatic carbocycles. The second-order valence-electron chi connectivity index (χ2n) is 6.56. The van der Waals surface area contributed by atoms with Gasteiger partial charge in [0.2, 0.25) is 0 Å². The van der Waals surface area contributed by atoms with Crippen molar-refractivity contribution >= 4 is 32.7 Å². The Bertz CT molecular complexity index is 776. The number of amidine groups is 1. The van der Waals surface area contributed by atoms with Crippen molar-refractivity contribution in [1.82, 2.24) is 4.98 Å². The number of aromatic amines is 1. The van der Waals surface area contributed by atoms with Gasteiger partial charge in [-0.25, -0.2) is 4.39 Å². The Morgan fingerprint density at radius 2 is 2.23 bits per heavy atom. The zero-order chi connectivity index (χ0) is 16.2. The largest absolute Gasteiger partial charge is 0.390 e. The summed E-state index contributed by atoms with van der Waals surface area (Å²) in [5.41, 5.74) is 7.98. The van der Waals surface area contributed by atoms with E-state index < -0.39 is 11.4 Å². The van der Waals surface area contributed by atoms with E-state index in [0.29, 0.717) is 22.0 Å². The molecular formula is C16H19BrFN3O. The summed E-state index contributed by atoms with van der Waals surface area (Å²) in [6, 6.07) is 1.28. The summed E-state index contributed by atoms with van der Waals surface area (Å²) in [6.45, 7) is 3.64. The molecule has 0 fully saturated rings. The Morgan fingerprint density at radius 3 is 2.82 bits per heavy atom. The number of rotatable bonds is 2. The summed E-state index contributed by atoms with van der Waals surface area (Å²) < 4.78 is 14.5. The molecule has 4 nitrogen and oxygen atoms in total. The third kappa shape index (κ3) is 2.34. The molecule has 22 heavy (non-hydrogen) atoms. The first-order chi connectivity index (χ1) is 10.2. The van der Waals surface area contributed by atoms with E-state index in [1.807, 2.05) is 13.8 Å². The highest BCUT2D eigenvalue weighted by atomic mass is 79.9. The lowest BCUT2D eigenvalue weighted by Crippen LogP contribution is -2.34. The molecule has 118 valence electrons. The molecule has 1 aromatic carbocycles. The van der Waals surface area contributed by atoms with Gasteiger partial charge in [0.05, 0.1) is 15.6 Å². The molecule has 3 rings (SSSR count). The number of fused-ring (bicyclic) bond motifs is 3. The molecule has 1 atom stereocenters. The van der Waals surface area contributed by atoms with Crippen molar-refractivity contribution in [3.05, 3.63) is 33.2 Å². The highest BCUT2D eigenvalue weighted by molar-refractivity contribution is 9.10.